The maximum Gasteiger partial charge on any atom is 0.310 e. The zero-order valence-electron chi connectivity index (χ0n) is 11.2. The van der Waals surface area contributed by atoms with E-state index >= 15 is 0 Å². The summed E-state index contributed by atoms with van der Waals surface area (Å²) >= 11 is 0. The number of quaternary nitrogens is 1. The largest absolute Gasteiger partial charge is 0.550 e. The van der Waals surface area contributed by atoms with Crippen LogP contribution in [0.4, 0.5) is 0 Å². The Bertz CT molecular complexity index is 282. The molecule has 0 aromatic heterocycles. The second-order valence-electron chi connectivity index (χ2n) is 4.98. The van der Waals surface area contributed by atoms with Crippen LogP contribution in [0.1, 0.15) is 19.8 Å². The van der Waals surface area contributed by atoms with Crippen molar-refractivity contribution >= 4 is 17.7 Å². The van der Waals surface area contributed by atoms with Gasteiger partial charge in [-0.1, -0.05) is 0 Å². The first kappa shape index (κ1) is 18.9. The van der Waals surface area contributed by atoms with Crippen LogP contribution < -0.4 is 5.11 Å². The van der Waals surface area contributed by atoms with Gasteiger partial charge in [0.15, 0.2) is 0 Å². The molecule has 0 aliphatic carbocycles. The number of carboxylic acid groups (broad SMARTS) is 2. The predicted octanol–water partition coefficient (Wildman–Crippen LogP) is -1.76. The Hall–Kier alpha value is -1.47. The molecule has 0 aliphatic rings. The van der Waals surface area contributed by atoms with Crippen molar-refractivity contribution in [2.45, 2.75) is 25.9 Å². The van der Waals surface area contributed by atoms with Crippen molar-refractivity contribution in [2.24, 2.45) is 0 Å². The monoisotopic (exact) mass is 263 g/mol. The summed E-state index contributed by atoms with van der Waals surface area (Å²) in [4.78, 5) is 29.5. The van der Waals surface area contributed by atoms with Crippen LogP contribution in [0.3, 0.4) is 0 Å². The van der Waals surface area contributed by atoms with E-state index in [9.17, 15) is 19.5 Å². The summed E-state index contributed by atoms with van der Waals surface area (Å²) in [5.74, 6) is -2.58. The SMILES string of the molecule is CC(=O)CC(=O)O.C[N+](C)(C)CC(O)CC(=O)[O-]. The summed E-state index contributed by atoms with van der Waals surface area (Å²) in [6.07, 6.45) is -1.45. The smallest absolute Gasteiger partial charge is 0.310 e. The van der Waals surface area contributed by atoms with Crippen molar-refractivity contribution < 1.29 is 34.2 Å². The van der Waals surface area contributed by atoms with Crippen LogP contribution in [0.2, 0.25) is 0 Å². The average Bonchev–Trinajstić information content (AvgIpc) is 1.94. The number of hydrogen-bond donors (Lipinski definition) is 2. The molecule has 0 saturated carbocycles. The second kappa shape index (κ2) is 8.60. The summed E-state index contributed by atoms with van der Waals surface area (Å²) in [6, 6.07) is 0. The molecule has 0 aromatic rings. The van der Waals surface area contributed by atoms with Gasteiger partial charge in [0, 0.05) is 12.4 Å². The molecule has 0 aromatic carbocycles. The summed E-state index contributed by atoms with van der Waals surface area (Å²) in [5, 5.41) is 27.0. The number of likely N-dealkylation sites (N-methyl/N-ethyl adjacent to an activating group) is 1. The van der Waals surface area contributed by atoms with E-state index in [0.29, 0.717) is 11.0 Å². The molecule has 0 fully saturated rings. The highest BCUT2D eigenvalue weighted by atomic mass is 16.4. The number of carboxylic acids is 2. The fraction of sp³-hybridized carbons (Fsp3) is 0.727. The predicted molar refractivity (Wildman–Crippen MR) is 61.5 cm³/mol. The zero-order chi connectivity index (χ0) is 14.9. The highest BCUT2D eigenvalue weighted by molar-refractivity contribution is 5.93. The number of ketones is 1. The third-order valence-electron chi connectivity index (χ3n) is 1.56. The Morgan fingerprint density at radius 1 is 1.22 bits per heavy atom. The molecule has 1 atom stereocenters. The van der Waals surface area contributed by atoms with Gasteiger partial charge in [0.1, 0.15) is 24.9 Å². The Kier molecular flexibility index (Phi) is 9.02. The lowest BCUT2D eigenvalue weighted by atomic mass is 10.2. The molecule has 0 bridgehead atoms. The Morgan fingerprint density at radius 2 is 1.67 bits per heavy atom. The maximum absolute atomic E-state index is 10.0. The van der Waals surface area contributed by atoms with Crippen molar-refractivity contribution in [1.29, 1.82) is 0 Å². The summed E-state index contributed by atoms with van der Waals surface area (Å²) in [5.41, 5.74) is 0. The lowest BCUT2D eigenvalue weighted by Crippen LogP contribution is -2.43. The van der Waals surface area contributed by atoms with E-state index in [0.717, 1.165) is 0 Å². The van der Waals surface area contributed by atoms with Crippen molar-refractivity contribution in [3.8, 4) is 0 Å². The molecule has 0 aliphatic heterocycles. The van der Waals surface area contributed by atoms with Crippen molar-refractivity contribution in [3.05, 3.63) is 0 Å². The fourth-order valence-corrected chi connectivity index (χ4v) is 1.10. The highest BCUT2D eigenvalue weighted by Gasteiger charge is 2.14. The van der Waals surface area contributed by atoms with Gasteiger partial charge in [-0.2, -0.15) is 0 Å². The first-order valence-electron chi connectivity index (χ1n) is 5.33. The van der Waals surface area contributed by atoms with Crippen LogP contribution in [0.15, 0.2) is 0 Å². The molecule has 0 radical (unpaired) electrons. The molecule has 106 valence electrons. The van der Waals surface area contributed by atoms with Gasteiger partial charge in [0.25, 0.3) is 0 Å². The number of carbonyl (C=O) groups is 3. The van der Waals surface area contributed by atoms with Crippen LogP contribution >= 0.6 is 0 Å². The Balaban J connectivity index is 0. The van der Waals surface area contributed by atoms with Gasteiger partial charge in [-0.05, 0) is 6.92 Å². The Labute approximate surface area is 106 Å². The summed E-state index contributed by atoms with van der Waals surface area (Å²) < 4.78 is 0.550. The van der Waals surface area contributed by atoms with Gasteiger partial charge < -0.3 is 24.6 Å². The third kappa shape index (κ3) is 20.0. The number of Topliss-reactive ketones (excluding diaryl/α,β-unsaturated/α-hetero) is 1. The second-order valence-corrected chi connectivity index (χ2v) is 4.98. The van der Waals surface area contributed by atoms with Crippen molar-refractivity contribution in [1.82, 2.24) is 0 Å². The van der Waals surface area contributed by atoms with Crippen LogP contribution in [-0.4, -0.2) is 66.2 Å². The molecule has 0 saturated heterocycles. The Morgan fingerprint density at radius 3 is 1.83 bits per heavy atom. The maximum atomic E-state index is 10.0. The number of hydrogen-bond acceptors (Lipinski definition) is 5. The van der Waals surface area contributed by atoms with E-state index in [1.165, 1.54) is 6.92 Å². The minimum absolute atomic E-state index is 0.282. The van der Waals surface area contributed by atoms with Gasteiger partial charge in [-0.15, -0.1) is 0 Å². The van der Waals surface area contributed by atoms with Crippen molar-refractivity contribution in [3.63, 3.8) is 0 Å². The standard InChI is InChI=1S/C7H15NO3.C4H6O3/c1-8(2,3)5-6(9)4-7(10)11;1-3(5)2-4(6)7/h6,9H,4-5H2,1-3H3;2H2,1H3,(H,6,7). The van der Waals surface area contributed by atoms with Gasteiger partial charge in [-0.3, -0.25) is 9.59 Å². The first-order valence-corrected chi connectivity index (χ1v) is 5.33. The van der Waals surface area contributed by atoms with E-state index < -0.39 is 18.0 Å². The van der Waals surface area contributed by atoms with Crippen LogP contribution in [-0.2, 0) is 14.4 Å². The molecular weight excluding hydrogens is 242 g/mol. The quantitative estimate of drug-likeness (QED) is 0.433. The number of aliphatic hydroxyl groups is 1. The first-order chi connectivity index (χ1) is 7.94. The van der Waals surface area contributed by atoms with E-state index in [1.807, 2.05) is 21.1 Å². The van der Waals surface area contributed by atoms with Crippen LogP contribution in [0.5, 0.6) is 0 Å². The molecule has 2 N–H and O–H groups in total. The van der Waals surface area contributed by atoms with E-state index in [1.54, 1.807) is 0 Å². The third-order valence-corrected chi connectivity index (χ3v) is 1.56. The van der Waals surface area contributed by atoms with E-state index in [4.69, 9.17) is 10.2 Å². The number of rotatable bonds is 6. The molecule has 1 unspecified atom stereocenters. The topological polar surface area (TPSA) is 115 Å². The number of nitrogens with zero attached hydrogens (tertiary/aromatic N) is 1. The highest BCUT2D eigenvalue weighted by Crippen LogP contribution is 1.97. The summed E-state index contributed by atoms with van der Waals surface area (Å²) in [6.45, 7) is 1.67. The van der Waals surface area contributed by atoms with E-state index in [-0.39, 0.29) is 18.6 Å². The normalized spacial score (nSPS) is 12.1. The molecule has 0 heterocycles. The molecule has 7 nitrogen and oxygen atoms in total. The van der Waals surface area contributed by atoms with Gasteiger partial charge in [0.2, 0.25) is 0 Å². The number of carbonyl (C=O) groups excluding carboxylic acids is 2. The van der Waals surface area contributed by atoms with Gasteiger partial charge in [-0.25, -0.2) is 0 Å². The summed E-state index contributed by atoms with van der Waals surface area (Å²) in [7, 11) is 5.66. The van der Waals surface area contributed by atoms with Gasteiger partial charge in [0.05, 0.1) is 21.1 Å². The van der Waals surface area contributed by atoms with Crippen LogP contribution in [0.25, 0.3) is 0 Å². The minimum atomic E-state index is -1.20. The lowest BCUT2D eigenvalue weighted by molar-refractivity contribution is -0.873. The average molecular weight is 263 g/mol. The number of aliphatic hydroxyl groups excluding tert-OH is 1. The number of aliphatic carboxylic acids is 2. The fourth-order valence-electron chi connectivity index (χ4n) is 1.10. The van der Waals surface area contributed by atoms with Crippen LogP contribution in [0, 0.1) is 0 Å². The zero-order valence-corrected chi connectivity index (χ0v) is 11.2. The molecule has 7 heteroatoms. The lowest BCUT2D eigenvalue weighted by Gasteiger charge is -2.26. The molecule has 0 rings (SSSR count). The molecule has 18 heavy (non-hydrogen) atoms. The molecular formula is C11H21NO6. The van der Waals surface area contributed by atoms with E-state index in [2.05, 4.69) is 0 Å². The minimum Gasteiger partial charge on any atom is -0.550 e. The molecule has 0 spiro atoms. The van der Waals surface area contributed by atoms with Crippen molar-refractivity contribution in [2.75, 3.05) is 27.7 Å². The molecule has 0 amide bonds. The van der Waals surface area contributed by atoms with Gasteiger partial charge >= 0.3 is 5.97 Å².